The Kier molecular flexibility index (Phi) is 7.25. The fraction of sp³-hybridized carbons (Fsp3) is 0.296. The second-order valence-electron chi connectivity index (χ2n) is 9.36. The summed E-state index contributed by atoms with van der Waals surface area (Å²) >= 11 is 7.17. The summed E-state index contributed by atoms with van der Waals surface area (Å²) in [6.45, 7) is 4.13. The zero-order valence-corrected chi connectivity index (χ0v) is 21.3. The number of dihydropyridines is 1. The molecule has 0 fully saturated rings. The summed E-state index contributed by atoms with van der Waals surface area (Å²) in [5.74, 6) is 0.147. The highest BCUT2D eigenvalue weighted by atomic mass is 35.5. The molecule has 0 bridgehead atoms. The van der Waals surface area contributed by atoms with E-state index in [9.17, 15) is 14.9 Å². The van der Waals surface area contributed by atoms with Crippen molar-refractivity contribution in [2.75, 3.05) is 18.2 Å². The molecule has 35 heavy (non-hydrogen) atoms. The van der Waals surface area contributed by atoms with Gasteiger partial charge in [-0.3, -0.25) is 9.59 Å². The summed E-state index contributed by atoms with van der Waals surface area (Å²) in [5.41, 5.74) is 3.19. The number of nitriles is 1. The van der Waals surface area contributed by atoms with Crippen molar-refractivity contribution in [3.63, 3.8) is 0 Å². The Bertz CT molecular complexity index is 1260. The maximum absolute atomic E-state index is 13.3. The molecule has 8 heteroatoms. The fourth-order valence-electron chi connectivity index (χ4n) is 4.49. The molecule has 1 aliphatic heterocycles. The first-order chi connectivity index (χ1) is 16.7. The molecule has 2 aliphatic rings. The number of ether oxygens (including phenoxy) is 1. The molecule has 1 amide bonds. The van der Waals surface area contributed by atoms with Crippen LogP contribution in [0.15, 0.2) is 70.4 Å². The van der Waals surface area contributed by atoms with Crippen molar-refractivity contribution in [1.82, 2.24) is 5.32 Å². The highest BCUT2D eigenvalue weighted by Gasteiger charge is 2.41. The van der Waals surface area contributed by atoms with Gasteiger partial charge in [0.25, 0.3) is 0 Å². The van der Waals surface area contributed by atoms with E-state index >= 15 is 0 Å². The smallest absolute Gasteiger partial charge is 0.234 e. The van der Waals surface area contributed by atoms with Gasteiger partial charge in [0.2, 0.25) is 5.91 Å². The lowest BCUT2D eigenvalue weighted by atomic mass is 9.69. The minimum atomic E-state index is -0.493. The largest absolute Gasteiger partial charge is 0.497 e. The van der Waals surface area contributed by atoms with Gasteiger partial charge in [0.05, 0.1) is 35.5 Å². The van der Waals surface area contributed by atoms with Crippen molar-refractivity contribution < 1.29 is 14.3 Å². The van der Waals surface area contributed by atoms with Gasteiger partial charge in [-0.15, -0.1) is 0 Å². The molecule has 0 saturated heterocycles. The summed E-state index contributed by atoms with van der Waals surface area (Å²) in [6.07, 6.45) is 1.10. The molecule has 0 saturated carbocycles. The maximum Gasteiger partial charge on any atom is 0.234 e. The average molecular weight is 508 g/mol. The minimum Gasteiger partial charge on any atom is -0.497 e. The van der Waals surface area contributed by atoms with E-state index in [1.165, 1.54) is 11.8 Å². The lowest BCUT2D eigenvalue weighted by Crippen LogP contribution is -2.37. The lowest BCUT2D eigenvalue weighted by Gasteiger charge is -2.39. The Hall–Kier alpha value is -3.21. The van der Waals surface area contributed by atoms with Crippen LogP contribution in [0.1, 0.15) is 38.2 Å². The SMILES string of the molecule is COc1ccc(C2C(C#N)=C(SCC(=O)Nc3ccc(Cl)cc3)NC3=C2C(=O)CC(C)(C)C3)cc1. The Balaban J connectivity index is 1.64. The number of Topliss-reactive ketones (excluding diaryl/α,β-unsaturated/α-hetero) is 1. The predicted molar refractivity (Wildman–Crippen MR) is 139 cm³/mol. The van der Waals surface area contributed by atoms with Gasteiger partial charge >= 0.3 is 0 Å². The molecule has 2 N–H and O–H groups in total. The van der Waals surface area contributed by atoms with E-state index in [1.54, 1.807) is 31.4 Å². The molecular weight excluding hydrogens is 482 g/mol. The molecule has 0 radical (unpaired) electrons. The van der Waals surface area contributed by atoms with Crippen LogP contribution in [0, 0.1) is 16.7 Å². The number of hydrogen-bond donors (Lipinski definition) is 2. The molecule has 1 heterocycles. The number of allylic oxidation sites excluding steroid dienone is 3. The monoisotopic (exact) mass is 507 g/mol. The number of halogens is 1. The number of anilines is 1. The van der Waals surface area contributed by atoms with Gasteiger partial charge in [0, 0.05) is 28.4 Å². The molecular formula is C27H26ClN3O3S. The third kappa shape index (κ3) is 5.55. The molecule has 1 atom stereocenters. The van der Waals surface area contributed by atoms with Crippen LogP contribution >= 0.6 is 23.4 Å². The van der Waals surface area contributed by atoms with E-state index in [2.05, 4.69) is 30.6 Å². The third-order valence-corrected chi connectivity index (χ3v) is 7.32. The molecule has 0 aromatic heterocycles. The van der Waals surface area contributed by atoms with Crippen molar-refractivity contribution in [2.45, 2.75) is 32.6 Å². The summed E-state index contributed by atoms with van der Waals surface area (Å²) in [7, 11) is 1.59. The van der Waals surface area contributed by atoms with Crippen LogP contribution in [0.25, 0.3) is 0 Å². The first-order valence-electron chi connectivity index (χ1n) is 11.2. The quantitative estimate of drug-likeness (QED) is 0.514. The van der Waals surface area contributed by atoms with Crippen LogP contribution in [-0.2, 0) is 9.59 Å². The number of nitrogens with one attached hydrogen (secondary N) is 2. The van der Waals surface area contributed by atoms with Crippen LogP contribution < -0.4 is 15.4 Å². The summed E-state index contributed by atoms with van der Waals surface area (Å²) in [5, 5.41) is 17.5. The summed E-state index contributed by atoms with van der Waals surface area (Å²) in [6, 6.07) is 16.6. The van der Waals surface area contributed by atoms with E-state index in [0.29, 0.717) is 45.5 Å². The predicted octanol–water partition coefficient (Wildman–Crippen LogP) is 5.79. The highest BCUT2D eigenvalue weighted by Crippen LogP contribution is 2.48. The van der Waals surface area contributed by atoms with Crippen LogP contribution in [0.3, 0.4) is 0 Å². The highest BCUT2D eigenvalue weighted by molar-refractivity contribution is 8.03. The number of hydrogen-bond acceptors (Lipinski definition) is 6. The maximum atomic E-state index is 13.3. The number of methoxy groups -OCH3 is 1. The first kappa shape index (κ1) is 24.9. The van der Waals surface area contributed by atoms with E-state index in [1.807, 2.05) is 24.3 Å². The molecule has 4 rings (SSSR count). The van der Waals surface area contributed by atoms with Gasteiger partial charge in [-0.05, 0) is 53.8 Å². The number of ketones is 1. The molecule has 6 nitrogen and oxygen atoms in total. The van der Waals surface area contributed by atoms with Crippen LogP contribution in [0.5, 0.6) is 5.75 Å². The van der Waals surface area contributed by atoms with Gasteiger partial charge < -0.3 is 15.4 Å². The normalized spacial score (nSPS) is 18.9. The Morgan fingerprint density at radius 1 is 1.20 bits per heavy atom. The zero-order chi connectivity index (χ0) is 25.2. The third-order valence-electron chi connectivity index (χ3n) is 6.05. The van der Waals surface area contributed by atoms with E-state index in [4.69, 9.17) is 16.3 Å². The molecule has 180 valence electrons. The van der Waals surface area contributed by atoms with E-state index < -0.39 is 5.92 Å². The molecule has 2 aromatic rings. The fourth-order valence-corrected chi connectivity index (χ4v) is 5.48. The molecule has 1 unspecified atom stereocenters. The lowest BCUT2D eigenvalue weighted by molar-refractivity contribution is -0.118. The van der Waals surface area contributed by atoms with Crippen LogP contribution in [-0.4, -0.2) is 24.6 Å². The average Bonchev–Trinajstić information content (AvgIpc) is 2.82. The number of benzene rings is 2. The van der Waals surface area contributed by atoms with Gasteiger partial charge in [-0.25, -0.2) is 0 Å². The van der Waals surface area contributed by atoms with Crippen molar-refractivity contribution in [2.24, 2.45) is 5.41 Å². The number of carbonyl (C=O) groups is 2. The van der Waals surface area contributed by atoms with E-state index in [-0.39, 0.29) is 22.9 Å². The van der Waals surface area contributed by atoms with Crippen molar-refractivity contribution >= 4 is 40.7 Å². The number of thioether (sulfide) groups is 1. The van der Waals surface area contributed by atoms with Crippen LogP contribution in [0.4, 0.5) is 5.69 Å². The number of carbonyl (C=O) groups excluding carboxylic acids is 2. The molecule has 1 aliphatic carbocycles. The summed E-state index contributed by atoms with van der Waals surface area (Å²) in [4.78, 5) is 25.9. The molecule has 2 aromatic carbocycles. The Morgan fingerprint density at radius 3 is 2.51 bits per heavy atom. The van der Waals surface area contributed by atoms with Gasteiger partial charge in [0.1, 0.15) is 5.75 Å². The van der Waals surface area contributed by atoms with E-state index in [0.717, 1.165) is 11.3 Å². The van der Waals surface area contributed by atoms with Crippen molar-refractivity contribution in [3.8, 4) is 11.8 Å². The van der Waals surface area contributed by atoms with Gasteiger partial charge in [0.15, 0.2) is 5.78 Å². The second-order valence-corrected chi connectivity index (χ2v) is 10.8. The van der Waals surface area contributed by atoms with Crippen molar-refractivity contribution in [3.05, 3.63) is 81.0 Å². The van der Waals surface area contributed by atoms with Crippen molar-refractivity contribution in [1.29, 1.82) is 5.26 Å². The first-order valence-corrected chi connectivity index (χ1v) is 12.6. The Morgan fingerprint density at radius 2 is 1.89 bits per heavy atom. The topological polar surface area (TPSA) is 91.2 Å². The molecule has 0 spiro atoms. The number of amides is 1. The second kappa shape index (κ2) is 10.2. The van der Waals surface area contributed by atoms with Gasteiger partial charge in [-0.2, -0.15) is 5.26 Å². The number of nitrogens with zero attached hydrogens (tertiary/aromatic N) is 1. The number of rotatable bonds is 6. The zero-order valence-electron chi connectivity index (χ0n) is 19.8. The van der Waals surface area contributed by atoms with Crippen LogP contribution in [0.2, 0.25) is 5.02 Å². The standard InChI is InChI=1S/C27H26ClN3O3S/c1-27(2)12-21-25(22(32)13-27)24(16-4-10-19(34-3)11-5-16)20(14-29)26(31-21)35-15-23(33)30-18-8-6-17(28)7-9-18/h4-11,24,31H,12-13,15H2,1-3H3,(H,30,33). The Labute approximate surface area is 214 Å². The van der Waals surface area contributed by atoms with Gasteiger partial charge in [-0.1, -0.05) is 49.3 Å². The minimum absolute atomic E-state index is 0.0434. The summed E-state index contributed by atoms with van der Waals surface area (Å²) < 4.78 is 5.28.